The normalized spacial score (nSPS) is 26.6. The van der Waals surface area contributed by atoms with Gasteiger partial charge in [-0.1, -0.05) is 40.0 Å². The lowest BCUT2D eigenvalue weighted by Crippen LogP contribution is -2.44. The molecule has 1 N–H and O–H groups in total. The summed E-state index contributed by atoms with van der Waals surface area (Å²) in [4.78, 5) is 0. The molecule has 0 spiro atoms. The Balaban J connectivity index is 2.20. The molecule has 0 radical (unpaired) electrons. The molecule has 2 unspecified atom stereocenters. The molecule has 0 aliphatic carbocycles. The van der Waals surface area contributed by atoms with Crippen molar-refractivity contribution in [2.75, 3.05) is 11.5 Å². The Morgan fingerprint density at radius 2 is 2.12 bits per heavy atom. The van der Waals surface area contributed by atoms with E-state index in [1.54, 1.807) is 0 Å². The van der Waals surface area contributed by atoms with Crippen LogP contribution in [0.25, 0.3) is 0 Å². The Morgan fingerprint density at radius 1 is 1.38 bits per heavy atom. The lowest BCUT2D eigenvalue weighted by Gasteiger charge is -2.36. The molecule has 1 saturated heterocycles. The molecule has 0 bridgehead atoms. The van der Waals surface area contributed by atoms with Crippen molar-refractivity contribution in [1.82, 2.24) is 5.32 Å². The average Bonchev–Trinajstić information content (AvgIpc) is 2.16. The van der Waals surface area contributed by atoms with E-state index in [4.69, 9.17) is 0 Å². The maximum Gasteiger partial charge on any atom is 0.0166 e. The predicted molar refractivity (Wildman–Crippen MR) is 76.3 cm³/mol. The Morgan fingerprint density at radius 3 is 2.75 bits per heavy atom. The first-order chi connectivity index (χ1) is 7.53. The molecule has 1 nitrogen and oxygen atoms in total. The van der Waals surface area contributed by atoms with Gasteiger partial charge in [0.05, 0.1) is 0 Å². The lowest BCUT2D eigenvalue weighted by molar-refractivity contribution is 0.298. The third kappa shape index (κ3) is 5.58. The maximum atomic E-state index is 3.81. The summed E-state index contributed by atoms with van der Waals surface area (Å²) in [5.74, 6) is 2.64. The molecule has 0 aromatic rings. The topological polar surface area (TPSA) is 12.0 Å². The first-order valence-electron chi connectivity index (χ1n) is 6.87. The molecule has 0 aromatic heterocycles. The van der Waals surface area contributed by atoms with Gasteiger partial charge in [0.15, 0.2) is 0 Å². The molecule has 1 fully saturated rings. The van der Waals surface area contributed by atoms with Gasteiger partial charge < -0.3 is 5.32 Å². The summed E-state index contributed by atoms with van der Waals surface area (Å²) < 4.78 is 0. The Kier molecular flexibility index (Phi) is 6.20. The van der Waals surface area contributed by atoms with Crippen molar-refractivity contribution in [2.24, 2.45) is 5.41 Å². The van der Waals surface area contributed by atoms with Crippen LogP contribution in [0.5, 0.6) is 0 Å². The van der Waals surface area contributed by atoms with Crippen LogP contribution in [0.3, 0.4) is 0 Å². The summed E-state index contributed by atoms with van der Waals surface area (Å²) in [7, 11) is 0. The Labute approximate surface area is 106 Å². The largest absolute Gasteiger partial charge is 0.311 e. The molecule has 1 heterocycles. The van der Waals surface area contributed by atoms with Gasteiger partial charge in [-0.05, 0) is 30.9 Å². The summed E-state index contributed by atoms with van der Waals surface area (Å²) in [6.45, 7) is 9.42. The third-order valence-corrected chi connectivity index (χ3v) is 5.00. The van der Waals surface area contributed by atoms with Gasteiger partial charge in [0.1, 0.15) is 0 Å². The van der Waals surface area contributed by atoms with Gasteiger partial charge in [-0.25, -0.2) is 0 Å². The second-order valence-corrected chi connectivity index (χ2v) is 7.17. The van der Waals surface area contributed by atoms with Crippen molar-refractivity contribution in [3.05, 3.63) is 0 Å². The molecular formula is C14H29NS. The minimum Gasteiger partial charge on any atom is -0.311 e. The van der Waals surface area contributed by atoms with Crippen LogP contribution in [0.2, 0.25) is 0 Å². The zero-order valence-corrected chi connectivity index (χ0v) is 12.3. The fraction of sp³-hybridized carbons (Fsp3) is 1.00. The van der Waals surface area contributed by atoms with Crippen LogP contribution in [0.1, 0.15) is 59.8 Å². The fourth-order valence-corrected chi connectivity index (χ4v) is 3.84. The van der Waals surface area contributed by atoms with Crippen LogP contribution in [0, 0.1) is 5.41 Å². The number of hydrogen-bond donors (Lipinski definition) is 1. The third-order valence-electron chi connectivity index (χ3n) is 3.37. The molecular weight excluding hydrogens is 214 g/mol. The van der Waals surface area contributed by atoms with Gasteiger partial charge >= 0.3 is 0 Å². The van der Waals surface area contributed by atoms with Crippen LogP contribution < -0.4 is 5.32 Å². The molecule has 0 aromatic carbocycles. The lowest BCUT2D eigenvalue weighted by atomic mass is 9.87. The van der Waals surface area contributed by atoms with Crippen molar-refractivity contribution in [2.45, 2.75) is 71.9 Å². The molecule has 1 aliphatic heterocycles. The minimum atomic E-state index is 0.531. The quantitative estimate of drug-likeness (QED) is 0.706. The van der Waals surface area contributed by atoms with Gasteiger partial charge in [0.2, 0.25) is 0 Å². The summed E-state index contributed by atoms with van der Waals surface area (Å²) >= 11 is 2.12. The molecule has 1 rings (SSSR count). The molecule has 0 amide bonds. The molecule has 2 atom stereocenters. The van der Waals surface area contributed by atoms with E-state index in [-0.39, 0.29) is 0 Å². The van der Waals surface area contributed by atoms with Crippen LogP contribution in [0.15, 0.2) is 0 Å². The van der Waals surface area contributed by atoms with Gasteiger partial charge in [0.25, 0.3) is 0 Å². The zero-order valence-electron chi connectivity index (χ0n) is 11.5. The number of rotatable bonds is 6. The highest BCUT2D eigenvalue weighted by Crippen LogP contribution is 2.33. The Hall–Kier alpha value is 0.310. The highest BCUT2D eigenvalue weighted by atomic mass is 32.2. The van der Waals surface area contributed by atoms with Crippen molar-refractivity contribution in [3.8, 4) is 0 Å². The first kappa shape index (κ1) is 14.4. The first-order valence-corrected chi connectivity index (χ1v) is 8.03. The minimum absolute atomic E-state index is 0.531. The van der Waals surface area contributed by atoms with Crippen molar-refractivity contribution in [1.29, 1.82) is 0 Å². The summed E-state index contributed by atoms with van der Waals surface area (Å²) in [5.41, 5.74) is 0.531. The molecule has 1 aliphatic rings. The van der Waals surface area contributed by atoms with E-state index in [1.165, 1.54) is 43.6 Å². The summed E-state index contributed by atoms with van der Waals surface area (Å²) in [6, 6.07) is 1.44. The van der Waals surface area contributed by atoms with E-state index >= 15 is 0 Å². The number of thioether (sulfide) groups is 1. The number of hydrogen-bond acceptors (Lipinski definition) is 2. The second kappa shape index (κ2) is 6.90. The van der Waals surface area contributed by atoms with E-state index in [0.717, 1.165) is 6.04 Å². The highest BCUT2D eigenvalue weighted by Gasteiger charge is 2.28. The SMILES string of the molecule is CCCCCC(C)NC1CSCC(C)(C)C1. The van der Waals surface area contributed by atoms with Crippen molar-refractivity contribution >= 4 is 11.8 Å². The van der Waals surface area contributed by atoms with E-state index in [2.05, 4.69) is 44.8 Å². The molecule has 96 valence electrons. The second-order valence-electron chi connectivity index (χ2n) is 6.14. The van der Waals surface area contributed by atoms with Crippen molar-refractivity contribution < 1.29 is 0 Å². The standard InChI is InChI=1S/C14H29NS/c1-5-6-7-8-12(2)15-13-9-14(3,4)11-16-10-13/h12-13,15H,5-11H2,1-4H3. The van der Waals surface area contributed by atoms with Crippen LogP contribution in [-0.4, -0.2) is 23.6 Å². The van der Waals surface area contributed by atoms with Gasteiger partial charge in [0, 0.05) is 17.8 Å². The highest BCUT2D eigenvalue weighted by molar-refractivity contribution is 7.99. The van der Waals surface area contributed by atoms with Crippen LogP contribution in [0.4, 0.5) is 0 Å². The zero-order chi connectivity index (χ0) is 12.0. The predicted octanol–water partition coefficient (Wildman–Crippen LogP) is 4.08. The van der Waals surface area contributed by atoms with Crippen LogP contribution in [-0.2, 0) is 0 Å². The molecule has 16 heavy (non-hydrogen) atoms. The van der Waals surface area contributed by atoms with Crippen LogP contribution >= 0.6 is 11.8 Å². The van der Waals surface area contributed by atoms with Gasteiger partial charge in [-0.2, -0.15) is 11.8 Å². The fourth-order valence-electron chi connectivity index (χ4n) is 2.56. The average molecular weight is 243 g/mol. The number of unbranched alkanes of at least 4 members (excludes halogenated alkanes) is 2. The van der Waals surface area contributed by atoms with Gasteiger partial charge in [-0.3, -0.25) is 0 Å². The van der Waals surface area contributed by atoms with Crippen molar-refractivity contribution in [3.63, 3.8) is 0 Å². The van der Waals surface area contributed by atoms with Gasteiger partial charge in [-0.15, -0.1) is 0 Å². The number of nitrogens with one attached hydrogen (secondary N) is 1. The molecule has 2 heteroatoms. The van der Waals surface area contributed by atoms with E-state index in [1.807, 2.05) is 0 Å². The van der Waals surface area contributed by atoms with E-state index < -0.39 is 0 Å². The summed E-state index contributed by atoms with van der Waals surface area (Å²) in [5, 5.41) is 3.81. The smallest absolute Gasteiger partial charge is 0.0166 e. The summed E-state index contributed by atoms with van der Waals surface area (Å²) in [6.07, 6.45) is 6.79. The van der Waals surface area contributed by atoms with E-state index in [0.29, 0.717) is 11.5 Å². The maximum absolute atomic E-state index is 3.81. The monoisotopic (exact) mass is 243 g/mol. The molecule has 0 saturated carbocycles. The Bertz CT molecular complexity index is 191. The van der Waals surface area contributed by atoms with E-state index in [9.17, 15) is 0 Å².